The van der Waals surface area contributed by atoms with Gasteiger partial charge < -0.3 is 14.1 Å². The molecule has 270 valence electrons. The summed E-state index contributed by atoms with van der Waals surface area (Å²) in [5.41, 5.74) is 6.30. The van der Waals surface area contributed by atoms with E-state index in [1.165, 1.54) is 0 Å². The fourth-order valence-corrected chi connectivity index (χ4v) is 7.95. The SMILES string of the molecule is c1cnc(-c2c3c(c(-c4cnc5ccccc5n4)c(-c4ccc5ccccc5n4)c2-c2cccnn2)C(c2ncc[nH]2)C(c2cnccn2)(c2ccco2)O3)nc1. The molecule has 2 atom stereocenters. The molecular weight excluding hydrogens is 715 g/mol. The maximum Gasteiger partial charge on any atom is 0.223 e. The van der Waals surface area contributed by atoms with E-state index in [4.69, 9.17) is 49.1 Å². The van der Waals surface area contributed by atoms with Crippen LogP contribution < -0.4 is 4.74 Å². The summed E-state index contributed by atoms with van der Waals surface area (Å²) in [5, 5.41) is 10.1. The lowest BCUT2D eigenvalue weighted by atomic mass is 9.74. The van der Waals surface area contributed by atoms with Crippen LogP contribution in [0.3, 0.4) is 0 Å². The van der Waals surface area contributed by atoms with Gasteiger partial charge in [0, 0.05) is 71.0 Å². The summed E-state index contributed by atoms with van der Waals surface area (Å²) < 4.78 is 13.9. The Hall–Kier alpha value is -8.06. The summed E-state index contributed by atoms with van der Waals surface area (Å²) in [6.07, 6.45) is 16.9. The third-order valence-electron chi connectivity index (χ3n) is 10.3. The molecule has 0 amide bonds. The number of para-hydroxylation sites is 3. The molecule has 13 heteroatoms. The summed E-state index contributed by atoms with van der Waals surface area (Å²) in [7, 11) is 0. The van der Waals surface area contributed by atoms with Crippen LogP contribution in [0.2, 0.25) is 0 Å². The van der Waals surface area contributed by atoms with Crippen molar-refractivity contribution in [1.82, 2.24) is 55.1 Å². The van der Waals surface area contributed by atoms with Gasteiger partial charge in [-0.1, -0.05) is 36.4 Å². The highest BCUT2D eigenvalue weighted by molar-refractivity contribution is 6.05. The minimum atomic E-state index is -1.46. The lowest BCUT2D eigenvalue weighted by molar-refractivity contribution is 0.0890. The van der Waals surface area contributed by atoms with Gasteiger partial charge in [0.05, 0.1) is 63.8 Å². The van der Waals surface area contributed by atoms with Gasteiger partial charge in [-0.05, 0) is 54.6 Å². The first kappa shape index (κ1) is 32.4. The van der Waals surface area contributed by atoms with Crippen molar-refractivity contribution in [3.8, 4) is 50.9 Å². The monoisotopic (exact) mass is 741 g/mol. The van der Waals surface area contributed by atoms with Gasteiger partial charge in [0.15, 0.2) is 11.6 Å². The summed E-state index contributed by atoms with van der Waals surface area (Å²) in [6, 6.07) is 29.1. The topological polar surface area (TPSA) is 167 Å². The minimum absolute atomic E-state index is 0.389. The van der Waals surface area contributed by atoms with Crippen LogP contribution in [0.1, 0.15) is 28.8 Å². The average Bonchev–Trinajstić information content (AvgIpc) is 4.08. The highest BCUT2D eigenvalue weighted by Crippen LogP contribution is 2.64. The second-order valence-electron chi connectivity index (χ2n) is 13.4. The molecule has 1 aliphatic rings. The molecule has 11 rings (SSSR count). The summed E-state index contributed by atoms with van der Waals surface area (Å²) >= 11 is 0. The number of ether oxygens (including phenoxy) is 1. The Morgan fingerprint density at radius 2 is 1.42 bits per heavy atom. The van der Waals surface area contributed by atoms with Gasteiger partial charge in [-0.25, -0.2) is 24.9 Å². The third kappa shape index (κ3) is 5.09. The minimum Gasteiger partial charge on any atom is -0.471 e. The average molecular weight is 742 g/mol. The molecule has 13 nitrogen and oxygen atoms in total. The number of furan rings is 1. The van der Waals surface area contributed by atoms with Crippen LogP contribution in [0.4, 0.5) is 0 Å². The van der Waals surface area contributed by atoms with Crippen LogP contribution in [-0.4, -0.2) is 55.1 Å². The van der Waals surface area contributed by atoms with Gasteiger partial charge in [0.2, 0.25) is 5.60 Å². The smallest absolute Gasteiger partial charge is 0.223 e. The maximum absolute atomic E-state index is 7.57. The molecule has 10 aromatic rings. The zero-order valence-electron chi connectivity index (χ0n) is 29.8. The summed E-state index contributed by atoms with van der Waals surface area (Å²) in [4.78, 5) is 43.0. The molecule has 0 fully saturated rings. The molecule has 0 spiro atoms. The number of pyridine rings is 1. The van der Waals surface area contributed by atoms with E-state index >= 15 is 0 Å². The largest absolute Gasteiger partial charge is 0.471 e. The van der Waals surface area contributed by atoms with Crippen molar-refractivity contribution in [2.75, 3.05) is 0 Å². The second-order valence-corrected chi connectivity index (χ2v) is 13.4. The fraction of sp³-hybridized carbons (Fsp3) is 0.0455. The van der Waals surface area contributed by atoms with E-state index in [2.05, 4.69) is 21.1 Å². The number of aromatic amines is 1. The van der Waals surface area contributed by atoms with E-state index in [0.717, 1.165) is 16.4 Å². The number of fused-ring (bicyclic) bond motifs is 3. The van der Waals surface area contributed by atoms with E-state index in [0.29, 0.717) is 79.3 Å². The van der Waals surface area contributed by atoms with Gasteiger partial charge in [-0.3, -0.25) is 15.0 Å². The predicted octanol–water partition coefficient (Wildman–Crippen LogP) is 8.00. The number of benzene rings is 3. The van der Waals surface area contributed by atoms with Crippen LogP contribution in [0.5, 0.6) is 5.75 Å². The molecular formula is C44H27N11O2. The van der Waals surface area contributed by atoms with Gasteiger partial charge in [-0.15, -0.1) is 0 Å². The Labute approximate surface area is 323 Å². The lowest BCUT2D eigenvalue weighted by Gasteiger charge is -2.31. The van der Waals surface area contributed by atoms with Crippen LogP contribution in [0.25, 0.3) is 67.1 Å². The van der Waals surface area contributed by atoms with Crippen LogP contribution in [0.15, 0.2) is 157 Å². The highest BCUT2D eigenvalue weighted by atomic mass is 16.5. The molecule has 2 unspecified atom stereocenters. The van der Waals surface area contributed by atoms with Gasteiger partial charge >= 0.3 is 0 Å². The molecule has 0 saturated carbocycles. The molecule has 57 heavy (non-hydrogen) atoms. The first-order chi connectivity index (χ1) is 28.3. The van der Waals surface area contributed by atoms with Crippen molar-refractivity contribution in [1.29, 1.82) is 0 Å². The Kier molecular flexibility index (Phi) is 7.42. The number of hydrogen-bond acceptors (Lipinski definition) is 12. The number of rotatable bonds is 7. The molecule has 0 bridgehead atoms. The number of aromatic nitrogens is 11. The van der Waals surface area contributed by atoms with Crippen molar-refractivity contribution in [3.63, 3.8) is 0 Å². The van der Waals surface area contributed by atoms with E-state index in [1.807, 2.05) is 78.9 Å². The summed E-state index contributed by atoms with van der Waals surface area (Å²) in [5.74, 6) is 1.14. The van der Waals surface area contributed by atoms with E-state index < -0.39 is 11.5 Å². The molecule has 0 radical (unpaired) electrons. The maximum atomic E-state index is 7.57. The van der Waals surface area contributed by atoms with Crippen LogP contribution in [0, 0.1) is 0 Å². The molecule has 7 aromatic heterocycles. The number of nitrogens with one attached hydrogen (secondary N) is 1. The molecule has 0 aliphatic carbocycles. The van der Waals surface area contributed by atoms with E-state index in [1.54, 1.807) is 68.1 Å². The standard InChI is InChI=1S/C44H27N11O2/c1-2-9-27-26(8-1)14-15-30(53-27)35-36(31-12-5-18-52-55-31)39(42-47-16-7-17-48-42)41-38(37(35)32-24-51-28-10-3-4-11-29(28)54-32)40(43-49-21-22-50-43)44(57-41,34-13-6-23-56-34)33-25-45-19-20-46-33/h1-25,40H,(H,49,50). The Morgan fingerprint density at radius 1 is 0.579 bits per heavy atom. The van der Waals surface area contributed by atoms with Crippen LogP contribution in [-0.2, 0) is 5.60 Å². The normalized spacial score (nSPS) is 16.1. The van der Waals surface area contributed by atoms with Crippen molar-refractivity contribution in [2.45, 2.75) is 11.5 Å². The Morgan fingerprint density at radius 3 is 2.21 bits per heavy atom. The van der Waals surface area contributed by atoms with Crippen LogP contribution >= 0.6 is 0 Å². The van der Waals surface area contributed by atoms with Gasteiger partial charge in [-0.2, -0.15) is 10.2 Å². The molecule has 1 N–H and O–H groups in total. The fourth-order valence-electron chi connectivity index (χ4n) is 7.95. The van der Waals surface area contributed by atoms with Gasteiger partial charge in [0.25, 0.3) is 0 Å². The highest BCUT2D eigenvalue weighted by Gasteiger charge is 2.59. The Balaban J connectivity index is 1.40. The van der Waals surface area contributed by atoms with E-state index in [9.17, 15) is 0 Å². The molecule has 3 aromatic carbocycles. The molecule has 8 heterocycles. The third-order valence-corrected chi connectivity index (χ3v) is 10.3. The zero-order valence-corrected chi connectivity index (χ0v) is 29.8. The quantitative estimate of drug-likeness (QED) is 0.167. The van der Waals surface area contributed by atoms with Crippen molar-refractivity contribution < 1.29 is 9.15 Å². The first-order valence-electron chi connectivity index (χ1n) is 18.1. The van der Waals surface area contributed by atoms with Crippen molar-refractivity contribution in [2.24, 2.45) is 0 Å². The van der Waals surface area contributed by atoms with Crippen molar-refractivity contribution in [3.05, 3.63) is 176 Å². The Bertz CT molecular complexity index is 3060. The van der Waals surface area contributed by atoms with Gasteiger partial charge in [0.1, 0.15) is 17.3 Å². The summed E-state index contributed by atoms with van der Waals surface area (Å²) in [6.45, 7) is 0. The second kappa shape index (κ2) is 13.1. The lowest BCUT2D eigenvalue weighted by Crippen LogP contribution is -2.38. The first-order valence-corrected chi connectivity index (χ1v) is 18.1. The van der Waals surface area contributed by atoms with E-state index in [-0.39, 0.29) is 0 Å². The van der Waals surface area contributed by atoms with Crippen molar-refractivity contribution >= 4 is 21.9 Å². The predicted molar refractivity (Wildman–Crippen MR) is 210 cm³/mol. The molecule has 1 aliphatic heterocycles. The number of H-pyrrole nitrogens is 1. The number of hydrogen-bond donors (Lipinski definition) is 1. The zero-order chi connectivity index (χ0) is 37.8. The number of nitrogens with zero attached hydrogens (tertiary/aromatic N) is 10. The number of imidazole rings is 1. The molecule has 0 saturated heterocycles.